The Bertz CT molecular complexity index is 1720. The molecule has 11 heteroatoms. The third kappa shape index (κ3) is 5.56. The van der Waals surface area contributed by atoms with Crippen molar-refractivity contribution < 1.29 is 12.8 Å². The number of nitrogens with two attached hydrogens (primary N) is 1. The molecule has 4 N–H and O–H groups in total. The molecule has 8 nitrogen and oxygen atoms in total. The number of imidazole rings is 1. The van der Waals surface area contributed by atoms with Crippen LogP contribution in [0.1, 0.15) is 56.1 Å². The molecule has 0 fully saturated rings. The van der Waals surface area contributed by atoms with E-state index >= 15 is 4.39 Å². The van der Waals surface area contributed by atoms with Gasteiger partial charge in [0.1, 0.15) is 28.7 Å². The second kappa shape index (κ2) is 11.2. The quantitative estimate of drug-likeness (QED) is 0.235. The predicted octanol–water partition coefficient (Wildman–Crippen LogP) is 5.99. The number of halogens is 2. The minimum Gasteiger partial charge on any atom is -0.382 e. The van der Waals surface area contributed by atoms with Crippen LogP contribution < -0.4 is 15.8 Å². The second-order valence-electron chi connectivity index (χ2n) is 10.3. The molecule has 40 heavy (non-hydrogen) atoms. The number of fused-ring (bicyclic) bond motifs is 1. The highest BCUT2D eigenvalue weighted by molar-refractivity contribution is 7.91. The largest absolute Gasteiger partial charge is 0.382 e. The van der Waals surface area contributed by atoms with Gasteiger partial charge in [0.15, 0.2) is 0 Å². The number of nitrogens with one attached hydrogen (secondary N) is 2. The van der Waals surface area contributed by atoms with E-state index in [-0.39, 0.29) is 23.2 Å². The lowest BCUT2D eigenvalue weighted by Gasteiger charge is -2.22. The number of hydrogen-bond acceptors (Lipinski definition) is 6. The van der Waals surface area contributed by atoms with Crippen LogP contribution in [0.3, 0.4) is 0 Å². The van der Waals surface area contributed by atoms with E-state index in [2.05, 4.69) is 21.1 Å². The molecule has 1 unspecified atom stereocenters. The van der Waals surface area contributed by atoms with Gasteiger partial charge in [-0.25, -0.2) is 22.8 Å². The minimum atomic E-state index is -3.92. The first-order valence-corrected chi connectivity index (χ1v) is 15.2. The summed E-state index contributed by atoms with van der Waals surface area (Å²) in [6, 6.07) is 11.4. The van der Waals surface area contributed by atoms with E-state index < -0.39 is 15.8 Å². The van der Waals surface area contributed by atoms with Crippen LogP contribution in [-0.4, -0.2) is 35.9 Å². The molecule has 0 amide bonds. The van der Waals surface area contributed by atoms with E-state index in [1.807, 2.05) is 25.3 Å². The van der Waals surface area contributed by atoms with E-state index in [0.29, 0.717) is 33.4 Å². The molecule has 1 aliphatic carbocycles. The average molecular weight is 583 g/mol. The summed E-state index contributed by atoms with van der Waals surface area (Å²) in [6.07, 6.45) is 6.81. The zero-order valence-corrected chi connectivity index (χ0v) is 24.2. The van der Waals surface area contributed by atoms with Crippen molar-refractivity contribution >= 4 is 44.2 Å². The van der Waals surface area contributed by atoms with Crippen molar-refractivity contribution in [1.82, 2.24) is 19.7 Å². The van der Waals surface area contributed by atoms with E-state index in [4.69, 9.17) is 22.3 Å². The van der Waals surface area contributed by atoms with Crippen molar-refractivity contribution in [2.24, 2.45) is 0 Å². The van der Waals surface area contributed by atoms with Gasteiger partial charge in [-0.3, -0.25) is 9.12 Å². The van der Waals surface area contributed by atoms with Crippen LogP contribution in [0.4, 0.5) is 15.9 Å². The van der Waals surface area contributed by atoms with Crippen molar-refractivity contribution in [2.75, 3.05) is 17.5 Å². The van der Waals surface area contributed by atoms with Gasteiger partial charge in [-0.05, 0) is 55.6 Å². The number of benzene rings is 2. The molecule has 0 aliphatic heterocycles. The zero-order valence-electron chi connectivity index (χ0n) is 22.6. The van der Waals surface area contributed by atoms with E-state index in [0.717, 1.165) is 30.8 Å². The van der Waals surface area contributed by atoms with Crippen LogP contribution in [0.2, 0.25) is 5.02 Å². The fourth-order valence-corrected chi connectivity index (χ4v) is 6.60. The number of allylic oxidation sites excluding steroid dienone is 1. The Morgan fingerprint density at radius 1 is 1.23 bits per heavy atom. The summed E-state index contributed by atoms with van der Waals surface area (Å²) in [5.74, 6) is 0.0102. The van der Waals surface area contributed by atoms with Gasteiger partial charge < -0.3 is 11.1 Å². The Labute approximate surface area is 238 Å². The van der Waals surface area contributed by atoms with Crippen LogP contribution in [0.15, 0.2) is 54.7 Å². The Hall–Kier alpha value is -3.47. The highest BCUT2D eigenvalue weighted by atomic mass is 35.5. The highest BCUT2D eigenvalue weighted by Gasteiger charge is 2.24. The summed E-state index contributed by atoms with van der Waals surface area (Å²) < 4.78 is 45.2. The molecule has 210 valence electrons. The second-order valence-corrected chi connectivity index (χ2v) is 12.5. The standard InChI is InChI=1S/C29H32ClFN6O2S/c1-17(2)29-35-26(27-28(32)34-15-25(37(27)29)18-8-11-21(33-3)12-9-18)19-10-13-24(23(31)14-19)36-40(38,39)16-20-6-4-5-7-22(20)30/h4-8,10,13-15,17,21,33,36H,9,11-12,16H2,1-3H3,(H2,32,34). The lowest BCUT2D eigenvalue weighted by molar-refractivity contribution is 0.522. The maximum absolute atomic E-state index is 15.3. The van der Waals surface area contributed by atoms with Crippen LogP contribution in [0.25, 0.3) is 22.3 Å². The first kappa shape index (κ1) is 28.1. The lowest BCUT2D eigenvalue weighted by Crippen LogP contribution is -2.26. The normalized spacial score (nSPS) is 15.9. The molecular weight excluding hydrogens is 551 g/mol. The fourth-order valence-electron chi connectivity index (χ4n) is 5.08. The van der Waals surface area contributed by atoms with E-state index in [9.17, 15) is 8.42 Å². The smallest absolute Gasteiger partial charge is 0.237 e. The van der Waals surface area contributed by atoms with Gasteiger partial charge in [0.05, 0.1) is 23.3 Å². The van der Waals surface area contributed by atoms with Crippen molar-refractivity contribution in [3.63, 3.8) is 0 Å². The van der Waals surface area contributed by atoms with Crippen LogP contribution in [0, 0.1) is 5.82 Å². The number of rotatable bonds is 8. The van der Waals surface area contributed by atoms with Gasteiger partial charge in [-0.1, -0.05) is 55.8 Å². The Balaban J connectivity index is 1.53. The summed E-state index contributed by atoms with van der Waals surface area (Å²) in [5, 5.41) is 3.66. The molecule has 0 bridgehead atoms. The predicted molar refractivity (Wildman–Crippen MR) is 159 cm³/mol. The van der Waals surface area contributed by atoms with Gasteiger partial charge in [0.25, 0.3) is 0 Å². The van der Waals surface area contributed by atoms with E-state index in [1.54, 1.807) is 36.5 Å². The van der Waals surface area contributed by atoms with Gasteiger partial charge in [-0.15, -0.1) is 0 Å². The van der Waals surface area contributed by atoms with Gasteiger partial charge >= 0.3 is 0 Å². The first-order chi connectivity index (χ1) is 19.1. The molecule has 0 saturated carbocycles. The lowest BCUT2D eigenvalue weighted by atomic mass is 9.93. The maximum atomic E-state index is 15.3. The van der Waals surface area contributed by atoms with Gasteiger partial charge in [0.2, 0.25) is 10.0 Å². The molecule has 2 aromatic carbocycles. The highest BCUT2D eigenvalue weighted by Crippen LogP contribution is 2.36. The fraction of sp³-hybridized carbons (Fsp3) is 0.310. The molecule has 0 spiro atoms. The van der Waals surface area contributed by atoms with Crippen molar-refractivity contribution in [2.45, 2.75) is 50.8 Å². The number of sulfonamides is 1. The Morgan fingerprint density at radius 2 is 2.00 bits per heavy atom. The van der Waals surface area contributed by atoms with Crippen LogP contribution >= 0.6 is 11.6 Å². The van der Waals surface area contributed by atoms with Crippen molar-refractivity contribution in [3.8, 4) is 11.3 Å². The third-order valence-corrected chi connectivity index (χ3v) is 8.78. The number of anilines is 2. The number of aromatic nitrogens is 3. The molecule has 0 radical (unpaired) electrons. The molecular formula is C29H32ClFN6O2S. The SMILES string of the molecule is CNC1CC=C(c2cnc(N)c3c(-c4ccc(NS(=O)(=O)Cc5ccccc5Cl)c(F)c4)nc(C(C)C)n23)CC1. The minimum absolute atomic E-state index is 0.0526. The summed E-state index contributed by atoms with van der Waals surface area (Å²) >= 11 is 6.11. The van der Waals surface area contributed by atoms with Crippen molar-refractivity contribution in [1.29, 1.82) is 0 Å². The summed E-state index contributed by atoms with van der Waals surface area (Å²) in [5.41, 5.74) is 10.3. The molecule has 0 saturated heterocycles. The molecule has 1 aliphatic rings. The maximum Gasteiger partial charge on any atom is 0.237 e. The summed E-state index contributed by atoms with van der Waals surface area (Å²) in [6.45, 7) is 4.09. The number of hydrogen-bond donors (Lipinski definition) is 3. The Morgan fingerprint density at radius 3 is 2.65 bits per heavy atom. The van der Waals surface area contributed by atoms with Crippen molar-refractivity contribution in [3.05, 3.63) is 82.7 Å². The van der Waals surface area contributed by atoms with E-state index in [1.165, 1.54) is 17.7 Å². The molecule has 2 heterocycles. The summed E-state index contributed by atoms with van der Waals surface area (Å²) in [7, 11) is -1.95. The summed E-state index contributed by atoms with van der Waals surface area (Å²) in [4.78, 5) is 9.38. The number of nitrogens with zero attached hydrogens (tertiary/aromatic N) is 3. The topological polar surface area (TPSA) is 114 Å². The molecule has 5 rings (SSSR count). The van der Waals surface area contributed by atoms with Crippen LogP contribution in [-0.2, 0) is 15.8 Å². The molecule has 4 aromatic rings. The molecule has 2 aromatic heterocycles. The first-order valence-electron chi connectivity index (χ1n) is 13.1. The average Bonchev–Trinajstić information content (AvgIpc) is 3.33. The van der Waals surface area contributed by atoms with Crippen LogP contribution in [0.5, 0.6) is 0 Å². The van der Waals surface area contributed by atoms with Gasteiger partial charge in [0, 0.05) is 22.5 Å². The zero-order chi connectivity index (χ0) is 28.6. The monoisotopic (exact) mass is 582 g/mol. The third-order valence-electron chi connectivity index (χ3n) is 7.19. The Kier molecular flexibility index (Phi) is 7.85. The van der Waals surface area contributed by atoms with Gasteiger partial charge in [-0.2, -0.15) is 0 Å². The molecule has 1 atom stereocenters. The number of nitrogen functional groups attached to an aromatic ring is 1.